The molecule has 0 aromatic heterocycles. The van der Waals surface area contributed by atoms with Gasteiger partial charge < -0.3 is 4.90 Å². The van der Waals surface area contributed by atoms with Crippen LogP contribution in [0, 0.1) is 0 Å². The number of likely N-dealkylation sites (tertiary alicyclic amines) is 1. The highest BCUT2D eigenvalue weighted by Gasteiger charge is 2.28. The van der Waals surface area contributed by atoms with Crippen molar-refractivity contribution in [3.63, 3.8) is 0 Å². The van der Waals surface area contributed by atoms with Crippen LogP contribution in [0.2, 0.25) is 0 Å². The van der Waals surface area contributed by atoms with Crippen molar-refractivity contribution >= 4 is 11.7 Å². The first-order chi connectivity index (χ1) is 8.18. The Morgan fingerprint density at radius 1 is 1.24 bits per heavy atom. The molecule has 2 rings (SSSR count). The molecule has 0 N–H and O–H groups in total. The minimum atomic E-state index is -0.301. The van der Waals surface area contributed by atoms with E-state index < -0.39 is 0 Å². The van der Waals surface area contributed by atoms with Crippen molar-refractivity contribution in [2.45, 2.75) is 25.7 Å². The summed E-state index contributed by atoms with van der Waals surface area (Å²) < 4.78 is 0. The number of rotatable bonds is 4. The van der Waals surface area contributed by atoms with Crippen LogP contribution in [0.1, 0.15) is 31.2 Å². The minimum absolute atomic E-state index is 0.239. The van der Waals surface area contributed by atoms with Gasteiger partial charge in [-0.3, -0.25) is 9.59 Å². The average molecular weight is 231 g/mol. The SMILES string of the molecule is CC(CCN1CCC(=O)C1=O)c1ccccc1. The van der Waals surface area contributed by atoms with Crippen LogP contribution >= 0.6 is 0 Å². The monoisotopic (exact) mass is 231 g/mol. The van der Waals surface area contributed by atoms with Gasteiger partial charge in [-0.25, -0.2) is 0 Å². The lowest BCUT2D eigenvalue weighted by atomic mass is 9.98. The van der Waals surface area contributed by atoms with E-state index in [1.165, 1.54) is 5.56 Å². The molecule has 1 atom stereocenters. The molecule has 1 heterocycles. The molecule has 0 spiro atoms. The van der Waals surface area contributed by atoms with Gasteiger partial charge in [0, 0.05) is 19.5 Å². The maximum Gasteiger partial charge on any atom is 0.290 e. The summed E-state index contributed by atoms with van der Waals surface area (Å²) >= 11 is 0. The van der Waals surface area contributed by atoms with Gasteiger partial charge in [-0.05, 0) is 17.9 Å². The van der Waals surface area contributed by atoms with Gasteiger partial charge in [-0.15, -0.1) is 0 Å². The number of benzene rings is 1. The third-order valence-electron chi connectivity index (χ3n) is 3.34. The zero-order valence-corrected chi connectivity index (χ0v) is 10.1. The predicted molar refractivity (Wildman–Crippen MR) is 65.7 cm³/mol. The predicted octanol–water partition coefficient (Wildman–Crippen LogP) is 1.98. The van der Waals surface area contributed by atoms with Crippen LogP contribution in [0.4, 0.5) is 0 Å². The lowest BCUT2D eigenvalue weighted by Crippen LogP contribution is -2.29. The summed E-state index contributed by atoms with van der Waals surface area (Å²) in [4.78, 5) is 24.2. The quantitative estimate of drug-likeness (QED) is 0.743. The molecule has 0 bridgehead atoms. The van der Waals surface area contributed by atoms with E-state index in [2.05, 4.69) is 19.1 Å². The van der Waals surface area contributed by atoms with Gasteiger partial charge in [0.2, 0.25) is 5.78 Å². The van der Waals surface area contributed by atoms with Crippen molar-refractivity contribution in [3.8, 4) is 0 Å². The van der Waals surface area contributed by atoms with E-state index in [0.717, 1.165) is 6.42 Å². The molecule has 1 unspecified atom stereocenters. The molecular weight excluding hydrogens is 214 g/mol. The Balaban J connectivity index is 1.87. The van der Waals surface area contributed by atoms with E-state index in [4.69, 9.17) is 0 Å². The van der Waals surface area contributed by atoms with Gasteiger partial charge >= 0.3 is 0 Å². The zero-order chi connectivity index (χ0) is 12.3. The largest absolute Gasteiger partial charge is 0.336 e. The van der Waals surface area contributed by atoms with Gasteiger partial charge in [0.1, 0.15) is 0 Å². The van der Waals surface area contributed by atoms with Crippen LogP contribution in [-0.4, -0.2) is 29.7 Å². The number of carbonyl (C=O) groups excluding carboxylic acids is 2. The third kappa shape index (κ3) is 2.73. The van der Waals surface area contributed by atoms with E-state index in [-0.39, 0.29) is 11.7 Å². The standard InChI is InChI=1S/C14H17NO2/c1-11(12-5-3-2-4-6-12)7-9-15-10-8-13(16)14(15)17/h2-6,11H,7-10H2,1H3. The molecule has 90 valence electrons. The molecule has 0 saturated carbocycles. The molecule has 3 nitrogen and oxygen atoms in total. The highest BCUT2D eigenvalue weighted by atomic mass is 16.2. The summed E-state index contributed by atoms with van der Waals surface area (Å²) in [6.45, 7) is 3.43. The molecule has 1 aliphatic heterocycles. The summed E-state index contributed by atoms with van der Waals surface area (Å²) in [6, 6.07) is 10.2. The topological polar surface area (TPSA) is 37.4 Å². The first kappa shape index (κ1) is 11.8. The fourth-order valence-electron chi connectivity index (χ4n) is 2.13. The molecule has 1 aromatic rings. The number of amides is 1. The lowest BCUT2D eigenvalue weighted by Gasteiger charge is -2.18. The lowest BCUT2D eigenvalue weighted by molar-refractivity contribution is -0.140. The molecular formula is C14H17NO2. The summed E-state index contributed by atoms with van der Waals surface area (Å²) in [5, 5.41) is 0. The van der Waals surface area contributed by atoms with Crippen molar-refractivity contribution in [1.29, 1.82) is 0 Å². The molecule has 1 aromatic carbocycles. The third-order valence-corrected chi connectivity index (χ3v) is 3.34. The Labute approximate surface area is 101 Å². The minimum Gasteiger partial charge on any atom is -0.336 e. The van der Waals surface area contributed by atoms with Crippen molar-refractivity contribution in [1.82, 2.24) is 4.90 Å². The maximum absolute atomic E-state index is 11.4. The molecule has 1 amide bonds. The van der Waals surface area contributed by atoms with E-state index in [9.17, 15) is 9.59 Å². The molecule has 3 heteroatoms. The fraction of sp³-hybridized carbons (Fsp3) is 0.429. The first-order valence-electron chi connectivity index (χ1n) is 6.05. The Bertz CT molecular complexity index is 413. The summed E-state index contributed by atoms with van der Waals surface area (Å²) in [5.41, 5.74) is 1.28. The Morgan fingerprint density at radius 2 is 1.94 bits per heavy atom. The Kier molecular flexibility index (Phi) is 3.57. The van der Waals surface area contributed by atoms with E-state index in [1.54, 1.807) is 4.90 Å². The normalized spacial score (nSPS) is 17.6. The number of Topliss-reactive ketones (excluding diaryl/α,β-unsaturated/α-hetero) is 1. The molecule has 1 aliphatic rings. The summed E-state index contributed by atoms with van der Waals surface area (Å²) in [5.74, 6) is -0.123. The smallest absolute Gasteiger partial charge is 0.290 e. The number of hydrogen-bond donors (Lipinski definition) is 0. The van der Waals surface area contributed by atoms with Gasteiger partial charge in [0.05, 0.1) is 0 Å². The second-order valence-electron chi connectivity index (χ2n) is 4.57. The average Bonchev–Trinajstić information content (AvgIpc) is 2.68. The van der Waals surface area contributed by atoms with E-state index in [0.29, 0.717) is 25.4 Å². The number of nitrogens with zero attached hydrogens (tertiary/aromatic N) is 1. The second-order valence-corrected chi connectivity index (χ2v) is 4.57. The van der Waals surface area contributed by atoms with Crippen LogP contribution in [0.5, 0.6) is 0 Å². The summed E-state index contributed by atoms with van der Waals surface area (Å²) in [6.07, 6.45) is 1.29. The Hall–Kier alpha value is -1.64. The van der Waals surface area contributed by atoms with Crippen LogP contribution in [0.3, 0.4) is 0 Å². The molecule has 0 radical (unpaired) electrons. The zero-order valence-electron chi connectivity index (χ0n) is 10.1. The second kappa shape index (κ2) is 5.13. The van der Waals surface area contributed by atoms with Crippen LogP contribution in [-0.2, 0) is 9.59 Å². The van der Waals surface area contributed by atoms with Gasteiger partial charge in [0.15, 0.2) is 0 Å². The van der Waals surface area contributed by atoms with Crippen molar-refractivity contribution in [2.24, 2.45) is 0 Å². The van der Waals surface area contributed by atoms with E-state index in [1.807, 2.05) is 18.2 Å². The number of ketones is 1. The number of carbonyl (C=O) groups is 2. The molecule has 17 heavy (non-hydrogen) atoms. The van der Waals surface area contributed by atoms with Gasteiger partial charge in [0.25, 0.3) is 5.91 Å². The van der Waals surface area contributed by atoms with Crippen LogP contribution in [0.25, 0.3) is 0 Å². The van der Waals surface area contributed by atoms with Crippen molar-refractivity contribution in [2.75, 3.05) is 13.1 Å². The summed E-state index contributed by atoms with van der Waals surface area (Å²) in [7, 11) is 0. The molecule has 0 aliphatic carbocycles. The van der Waals surface area contributed by atoms with Gasteiger partial charge in [-0.1, -0.05) is 37.3 Å². The fourth-order valence-corrected chi connectivity index (χ4v) is 2.13. The van der Waals surface area contributed by atoms with Gasteiger partial charge in [-0.2, -0.15) is 0 Å². The Morgan fingerprint density at radius 3 is 2.53 bits per heavy atom. The van der Waals surface area contributed by atoms with Crippen molar-refractivity contribution in [3.05, 3.63) is 35.9 Å². The molecule has 1 fully saturated rings. The molecule has 1 saturated heterocycles. The number of hydrogen-bond acceptors (Lipinski definition) is 2. The van der Waals surface area contributed by atoms with Crippen LogP contribution in [0.15, 0.2) is 30.3 Å². The van der Waals surface area contributed by atoms with Crippen LogP contribution < -0.4 is 0 Å². The first-order valence-corrected chi connectivity index (χ1v) is 6.05. The van der Waals surface area contributed by atoms with E-state index >= 15 is 0 Å². The maximum atomic E-state index is 11.4. The highest BCUT2D eigenvalue weighted by Crippen LogP contribution is 2.19. The van der Waals surface area contributed by atoms with Crippen molar-refractivity contribution < 1.29 is 9.59 Å². The highest BCUT2D eigenvalue weighted by molar-refractivity contribution is 6.37.